The molecular formula is C24H24N4O2. The third kappa shape index (κ3) is 3.55. The van der Waals surface area contributed by atoms with Gasteiger partial charge in [0.25, 0.3) is 0 Å². The Morgan fingerprint density at radius 3 is 2.73 bits per heavy atom. The van der Waals surface area contributed by atoms with Gasteiger partial charge in [0.2, 0.25) is 0 Å². The lowest BCUT2D eigenvalue weighted by Gasteiger charge is -2.11. The van der Waals surface area contributed by atoms with Crippen molar-refractivity contribution in [1.82, 2.24) is 14.4 Å². The molecule has 2 aromatic heterocycles. The molecule has 5 rings (SSSR count). The number of aromatic nitrogens is 3. The highest BCUT2D eigenvalue weighted by Gasteiger charge is 2.25. The fourth-order valence-electron chi connectivity index (χ4n) is 3.80. The first kappa shape index (κ1) is 18.8. The molecule has 2 heterocycles. The second-order valence-electron chi connectivity index (χ2n) is 7.82. The monoisotopic (exact) mass is 400 g/mol. The number of rotatable bonds is 8. The highest BCUT2D eigenvalue weighted by molar-refractivity contribution is 5.97. The number of hydrogen-bond acceptors (Lipinski definition) is 5. The number of imidazole rings is 1. The Bertz CT molecular complexity index is 1210. The van der Waals surface area contributed by atoms with Gasteiger partial charge < -0.3 is 10.1 Å². The molecule has 0 saturated heterocycles. The minimum absolute atomic E-state index is 0.237. The van der Waals surface area contributed by atoms with Crippen LogP contribution in [0.3, 0.4) is 0 Å². The van der Waals surface area contributed by atoms with Gasteiger partial charge in [0.15, 0.2) is 17.2 Å². The number of ketones is 1. The topological polar surface area (TPSA) is 68.5 Å². The molecule has 152 valence electrons. The quantitative estimate of drug-likeness (QED) is 0.346. The van der Waals surface area contributed by atoms with Crippen LogP contribution in [-0.2, 0) is 4.74 Å². The Kier molecular flexibility index (Phi) is 4.93. The van der Waals surface area contributed by atoms with Crippen LogP contribution < -0.4 is 5.32 Å². The Hall–Kier alpha value is -3.25. The Labute approximate surface area is 174 Å². The van der Waals surface area contributed by atoms with E-state index in [9.17, 15) is 4.79 Å². The predicted octanol–water partition coefficient (Wildman–Crippen LogP) is 4.59. The number of anilines is 1. The SMILES string of the molecule is COCCNc1nc2ccccc2n2c(-c3ccc(C(=O)CC4CC4)cc3)cnc12. The fourth-order valence-corrected chi connectivity index (χ4v) is 3.80. The van der Waals surface area contributed by atoms with Crippen LogP contribution >= 0.6 is 0 Å². The summed E-state index contributed by atoms with van der Waals surface area (Å²) in [5.41, 5.74) is 5.43. The summed E-state index contributed by atoms with van der Waals surface area (Å²) in [6.45, 7) is 1.24. The first-order chi connectivity index (χ1) is 14.7. The van der Waals surface area contributed by atoms with Gasteiger partial charge in [-0.3, -0.25) is 9.20 Å². The Morgan fingerprint density at radius 1 is 1.17 bits per heavy atom. The molecule has 2 aromatic carbocycles. The van der Waals surface area contributed by atoms with Crippen LogP contribution in [0.2, 0.25) is 0 Å². The number of nitrogens with one attached hydrogen (secondary N) is 1. The molecule has 1 saturated carbocycles. The summed E-state index contributed by atoms with van der Waals surface area (Å²) < 4.78 is 7.27. The van der Waals surface area contributed by atoms with Gasteiger partial charge in [0.1, 0.15) is 0 Å². The number of nitrogens with zero attached hydrogens (tertiary/aromatic N) is 3. The molecule has 30 heavy (non-hydrogen) atoms. The predicted molar refractivity (Wildman–Crippen MR) is 118 cm³/mol. The van der Waals surface area contributed by atoms with Crippen LogP contribution in [0.25, 0.3) is 27.9 Å². The van der Waals surface area contributed by atoms with E-state index < -0.39 is 0 Å². The number of benzene rings is 2. The summed E-state index contributed by atoms with van der Waals surface area (Å²) in [4.78, 5) is 21.8. The average Bonchev–Trinajstić information content (AvgIpc) is 3.48. The minimum atomic E-state index is 0.237. The number of Topliss-reactive ketones (excluding diaryl/α,β-unsaturated/α-hetero) is 1. The molecule has 1 fully saturated rings. The van der Waals surface area contributed by atoms with E-state index >= 15 is 0 Å². The summed E-state index contributed by atoms with van der Waals surface area (Å²) in [6, 6.07) is 15.9. The van der Waals surface area contributed by atoms with Gasteiger partial charge >= 0.3 is 0 Å². The largest absolute Gasteiger partial charge is 0.383 e. The maximum atomic E-state index is 12.4. The number of carbonyl (C=O) groups excluding carboxylic acids is 1. The minimum Gasteiger partial charge on any atom is -0.383 e. The van der Waals surface area contributed by atoms with E-state index in [2.05, 4.69) is 14.7 Å². The number of hydrogen-bond donors (Lipinski definition) is 1. The third-order valence-corrected chi connectivity index (χ3v) is 5.60. The maximum Gasteiger partial charge on any atom is 0.181 e. The molecule has 0 bridgehead atoms. The maximum absolute atomic E-state index is 12.4. The zero-order valence-corrected chi connectivity index (χ0v) is 17.0. The van der Waals surface area contributed by atoms with Crippen molar-refractivity contribution in [1.29, 1.82) is 0 Å². The van der Waals surface area contributed by atoms with E-state index in [1.807, 2.05) is 54.7 Å². The molecule has 1 N–H and O–H groups in total. The number of fused-ring (bicyclic) bond motifs is 3. The van der Waals surface area contributed by atoms with Crippen LogP contribution in [0.1, 0.15) is 29.6 Å². The average molecular weight is 400 g/mol. The van der Waals surface area contributed by atoms with E-state index in [4.69, 9.17) is 9.72 Å². The summed E-state index contributed by atoms with van der Waals surface area (Å²) in [5.74, 6) is 1.56. The molecule has 0 amide bonds. The van der Waals surface area contributed by atoms with Gasteiger partial charge in [-0.15, -0.1) is 0 Å². The summed E-state index contributed by atoms with van der Waals surface area (Å²) in [7, 11) is 1.68. The molecule has 4 aromatic rings. The van der Waals surface area contributed by atoms with Gasteiger partial charge in [-0.1, -0.05) is 36.4 Å². The molecule has 1 aliphatic carbocycles. The normalized spacial score (nSPS) is 13.8. The standard InChI is InChI=1S/C24H24N4O2/c1-30-13-12-25-23-24-26-15-21(28(24)20-5-3-2-4-19(20)27-23)17-8-10-18(11-9-17)22(29)14-16-6-7-16/h2-5,8-11,15-16H,6-7,12-14H2,1H3,(H,25,27). The van der Waals surface area contributed by atoms with E-state index in [0.717, 1.165) is 39.3 Å². The van der Waals surface area contributed by atoms with Crippen LogP contribution in [-0.4, -0.2) is 40.4 Å². The zero-order valence-electron chi connectivity index (χ0n) is 17.0. The molecule has 6 heteroatoms. The van der Waals surface area contributed by atoms with Crippen LogP contribution in [0.4, 0.5) is 5.82 Å². The second-order valence-corrected chi connectivity index (χ2v) is 7.82. The first-order valence-corrected chi connectivity index (χ1v) is 10.4. The number of para-hydroxylation sites is 2. The third-order valence-electron chi connectivity index (χ3n) is 5.60. The number of methoxy groups -OCH3 is 1. The highest BCUT2D eigenvalue weighted by Crippen LogP contribution is 2.34. The number of carbonyl (C=O) groups is 1. The van der Waals surface area contributed by atoms with Crippen LogP contribution in [0, 0.1) is 5.92 Å². The van der Waals surface area contributed by atoms with Crippen LogP contribution in [0.15, 0.2) is 54.7 Å². The highest BCUT2D eigenvalue weighted by atomic mass is 16.5. The summed E-state index contributed by atoms with van der Waals surface area (Å²) in [6.07, 6.45) is 4.91. The summed E-state index contributed by atoms with van der Waals surface area (Å²) in [5, 5.41) is 3.33. The van der Waals surface area contributed by atoms with E-state index in [-0.39, 0.29) is 5.78 Å². The van der Waals surface area contributed by atoms with Gasteiger partial charge in [0.05, 0.1) is 29.5 Å². The lowest BCUT2D eigenvalue weighted by Crippen LogP contribution is -2.10. The first-order valence-electron chi connectivity index (χ1n) is 10.4. The Balaban J connectivity index is 1.56. The van der Waals surface area contributed by atoms with Gasteiger partial charge in [-0.05, 0) is 30.9 Å². The van der Waals surface area contributed by atoms with E-state index in [1.54, 1.807) is 7.11 Å². The van der Waals surface area contributed by atoms with Crippen LogP contribution in [0.5, 0.6) is 0 Å². The lowest BCUT2D eigenvalue weighted by atomic mass is 10.0. The second kappa shape index (κ2) is 7.88. The van der Waals surface area contributed by atoms with Crippen molar-refractivity contribution in [3.8, 4) is 11.3 Å². The molecule has 0 radical (unpaired) electrons. The Morgan fingerprint density at radius 2 is 1.97 bits per heavy atom. The zero-order chi connectivity index (χ0) is 20.5. The molecule has 0 atom stereocenters. The van der Waals surface area contributed by atoms with Crippen molar-refractivity contribution in [3.05, 3.63) is 60.3 Å². The van der Waals surface area contributed by atoms with Crippen molar-refractivity contribution >= 4 is 28.3 Å². The molecule has 6 nitrogen and oxygen atoms in total. The van der Waals surface area contributed by atoms with Crippen molar-refractivity contribution in [2.75, 3.05) is 25.6 Å². The molecule has 1 aliphatic rings. The van der Waals surface area contributed by atoms with Gasteiger partial charge in [-0.25, -0.2) is 9.97 Å². The molecule has 0 unspecified atom stereocenters. The van der Waals surface area contributed by atoms with E-state index in [0.29, 0.717) is 25.5 Å². The van der Waals surface area contributed by atoms with Crippen molar-refractivity contribution in [2.24, 2.45) is 5.92 Å². The van der Waals surface area contributed by atoms with Crippen molar-refractivity contribution in [3.63, 3.8) is 0 Å². The molecule has 0 aliphatic heterocycles. The fraction of sp³-hybridized carbons (Fsp3) is 0.292. The van der Waals surface area contributed by atoms with Crippen molar-refractivity contribution < 1.29 is 9.53 Å². The number of ether oxygens (including phenoxy) is 1. The lowest BCUT2D eigenvalue weighted by molar-refractivity contribution is 0.0976. The molecule has 0 spiro atoms. The van der Waals surface area contributed by atoms with E-state index in [1.165, 1.54) is 12.8 Å². The summed E-state index contributed by atoms with van der Waals surface area (Å²) >= 11 is 0. The molecular weight excluding hydrogens is 376 g/mol. The van der Waals surface area contributed by atoms with Crippen molar-refractivity contribution in [2.45, 2.75) is 19.3 Å². The van der Waals surface area contributed by atoms with Gasteiger partial charge in [0, 0.05) is 31.2 Å². The van der Waals surface area contributed by atoms with Gasteiger partial charge in [-0.2, -0.15) is 0 Å². The smallest absolute Gasteiger partial charge is 0.181 e.